The van der Waals surface area contributed by atoms with Crippen molar-refractivity contribution >= 4 is 29.4 Å². The van der Waals surface area contributed by atoms with Gasteiger partial charge in [-0.3, -0.25) is 9.36 Å². The van der Waals surface area contributed by atoms with Crippen LogP contribution in [0.2, 0.25) is 0 Å². The third kappa shape index (κ3) is 6.95. The summed E-state index contributed by atoms with van der Waals surface area (Å²) in [6.45, 7) is 2.82. The maximum Gasteiger partial charge on any atom is 0.293 e. The van der Waals surface area contributed by atoms with Crippen LogP contribution in [-0.2, 0) is 27.1 Å². The van der Waals surface area contributed by atoms with Crippen LogP contribution in [0, 0.1) is 5.92 Å². The summed E-state index contributed by atoms with van der Waals surface area (Å²) in [5.74, 6) is 1.85. The number of aliphatic hydroxyl groups excluding tert-OH is 2. The van der Waals surface area contributed by atoms with Crippen molar-refractivity contribution in [3.05, 3.63) is 59.7 Å². The summed E-state index contributed by atoms with van der Waals surface area (Å²) in [6.07, 6.45) is 5.92. The number of anilines is 2. The molecule has 0 amide bonds. The Hall–Kier alpha value is -4.07. The van der Waals surface area contributed by atoms with E-state index in [2.05, 4.69) is 20.8 Å². The molecule has 45 heavy (non-hydrogen) atoms. The van der Waals surface area contributed by atoms with E-state index in [4.69, 9.17) is 24.0 Å². The van der Waals surface area contributed by atoms with Gasteiger partial charge in [-0.15, -0.1) is 0 Å². The third-order valence-corrected chi connectivity index (χ3v) is 8.79. The first-order chi connectivity index (χ1) is 22.1. The van der Waals surface area contributed by atoms with E-state index in [-0.39, 0.29) is 12.6 Å². The summed E-state index contributed by atoms with van der Waals surface area (Å²) in [4.78, 5) is 25.7. The zero-order valence-corrected chi connectivity index (χ0v) is 25.4. The summed E-state index contributed by atoms with van der Waals surface area (Å²) in [5.41, 5.74) is 2.69. The number of imidazole rings is 1. The van der Waals surface area contributed by atoms with Gasteiger partial charge < -0.3 is 34.8 Å². The Bertz CT molecular complexity index is 1540. The molecule has 1 aromatic carbocycles. The maximum absolute atomic E-state index is 11.5. The Morgan fingerprint density at radius 2 is 2.00 bits per heavy atom. The molecule has 0 bridgehead atoms. The van der Waals surface area contributed by atoms with Gasteiger partial charge in [-0.25, -0.2) is 4.98 Å². The third-order valence-electron chi connectivity index (χ3n) is 8.79. The van der Waals surface area contributed by atoms with E-state index >= 15 is 0 Å². The minimum atomic E-state index is -1.23. The molecule has 5 atom stereocenters. The normalized spacial score (nSPS) is 22.8. The van der Waals surface area contributed by atoms with E-state index in [9.17, 15) is 15.0 Å². The molecule has 1 aliphatic carbocycles. The zero-order chi connectivity index (χ0) is 31.2. The number of nitrogens with one attached hydrogen (secondary N) is 2. The molecule has 0 spiro atoms. The van der Waals surface area contributed by atoms with Crippen LogP contribution in [0.5, 0.6) is 0 Å². The number of carbonyl (C=O) groups excluding carboxylic acids is 1. The second-order valence-corrected chi connectivity index (χ2v) is 11.9. The Balaban J connectivity index is 1.32. The Morgan fingerprint density at radius 1 is 1.18 bits per heavy atom. The average Bonchev–Trinajstić information content (AvgIpc) is 3.80. The van der Waals surface area contributed by atoms with E-state index in [0.29, 0.717) is 59.6 Å². The van der Waals surface area contributed by atoms with Crippen LogP contribution >= 0.6 is 0 Å². The molecule has 4 aromatic rings. The fourth-order valence-corrected chi connectivity index (χ4v) is 6.35. The summed E-state index contributed by atoms with van der Waals surface area (Å²) >= 11 is 0. The van der Waals surface area contributed by atoms with Gasteiger partial charge in [-0.05, 0) is 30.7 Å². The molecule has 13 nitrogen and oxygen atoms in total. The lowest BCUT2D eigenvalue weighted by Gasteiger charge is -2.22. The van der Waals surface area contributed by atoms with Crippen LogP contribution in [0.15, 0.2) is 47.2 Å². The lowest BCUT2D eigenvalue weighted by Crippen LogP contribution is -2.32. The summed E-state index contributed by atoms with van der Waals surface area (Å²) in [7, 11) is 0. The number of ether oxygens (including phenoxy) is 2. The van der Waals surface area contributed by atoms with Crippen molar-refractivity contribution in [2.24, 2.45) is 5.92 Å². The monoisotopic (exact) mass is 619 g/mol. The van der Waals surface area contributed by atoms with Gasteiger partial charge in [0.25, 0.3) is 6.47 Å². The van der Waals surface area contributed by atoms with E-state index in [1.165, 1.54) is 32.1 Å². The molecule has 13 heteroatoms. The number of aromatic nitrogens is 5. The highest BCUT2D eigenvalue weighted by Crippen LogP contribution is 2.42. The molecule has 1 saturated heterocycles. The fourth-order valence-electron chi connectivity index (χ4n) is 6.35. The first-order valence-electron chi connectivity index (χ1n) is 15.9. The van der Waals surface area contributed by atoms with Gasteiger partial charge in [0.1, 0.15) is 6.10 Å². The quantitative estimate of drug-likeness (QED) is 0.150. The van der Waals surface area contributed by atoms with Crippen molar-refractivity contribution < 1.29 is 29.0 Å². The van der Waals surface area contributed by atoms with Gasteiger partial charge in [0.15, 0.2) is 41.2 Å². The second kappa shape index (κ2) is 14.4. The van der Waals surface area contributed by atoms with Gasteiger partial charge in [0.2, 0.25) is 5.95 Å². The highest BCUT2D eigenvalue weighted by atomic mass is 16.6. The molecule has 2 fully saturated rings. The molecule has 6 rings (SSSR count). The number of aliphatic hydroxyl groups is 2. The molecule has 2 aliphatic rings. The zero-order valence-electron chi connectivity index (χ0n) is 25.4. The number of hydrogen-bond donors (Lipinski definition) is 4. The Labute approximate surface area is 261 Å². The first-order valence-corrected chi connectivity index (χ1v) is 15.9. The standard InChI is InChI=1S/C32H41N7O6/c1-2-22-16-24(45-38-22)27-26(42)28(43-19-41)31(44-27)39-18-34-25-29(33-14-13-20-9-5-3-6-10-20)36-32(37-30(25)39)35-23(17-40)15-21-11-7-4-8-12-21/h4,7-8,11-12,16,18-20,23,26-28,31,40,42H,2-3,5-6,9-10,13-15,17H2,1H3,(H2,33,35,36,37)/t23-,26+,27?,28+,31+/m0/s1. The molecular weight excluding hydrogens is 578 g/mol. The SMILES string of the molecule is CCc1cc(C2O[C@@H](n3cnc4c(NCCC5CCCCC5)nc(N[C@H](CO)Cc5ccccc5)nc43)[C@H](OC=O)[C@@H]2O)on1. The maximum atomic E-state index is 11.5. The summed E-state index contributed by atoms with van der Waals surface area (Å²) in [6, 6.07) is 11.3. The molecule has 1 saturated carbocycles. The number of fused-ring (bicyclic) bond motifs is 1. The number of benzene rings is 1. The van der Waals surface area contributed by atoms with Crippen LogP contribution < -0.4 is 10.6 Å². The van der Waals surface area contributed by atoms with Gasteiger partial charge in [0, 0.05) is 12.6 Å². The molecule has 240 valence electrons. The van der Waals surface area contributed by atoms with Crippen LogP contribution in [-0.4, -0.2) is 72.8 Å². The minimum absolute atomic E-state index is 0.133. The van der Waals surface area contributed by atoms with E-state index in [1.54, 1.807) is 17.0 Å². The number of nitrogens with zero attached hydrogens (tertiary/aromatic N) is 5. The van der Waals surface area contributed by atoms with E-state index in [1.807, 2.05) is 37.3 Å². The number of aryl methyl sites for hydroxylation is 1. The van der Waals surface area contributed by atoms with Gasteiger partial charge in [-0.2, -0.15) is 9.97 Å². The predicted molar refractivity (Wildman–Crippen MR) is 165 cm³/mol. The molecule has 4 heterocycles. The van der Waals surface area contributed by atoms with Crippen LogP contribution in [0.3, 0.4) is 0 Å². The van der Waals surface area contributed by atoms with Crippen molar-refractivity contribution in [3.8, 4) is 0 Å². The Morgan fingerprint density at radius 3 is 2.73 bits per heavy atom. The van der Waals surface area contributed by atoms with Crippen LogP contribution in [0.4, 0.5) is 11.8 Å². The minimum Gasteiger partial charge on any atom is -0.457 e. The van der Waals surface area contributed by atoms with Crippen molar-refractivity contribution in [2.45, 2.75) is 88.9 Å². The highest BCUT2D eigenvalue weighted by molar-refractivity contribution is 5.84. The van der Waals surface area contributed by atoms with Crippen molar-refractivity contribution in [2.75, 3.05) is 23.8 Å². The van der Waals surface area contributed by atoms with Crippen molar-refractivity contribution in [3.63, 3.8) is 0 Å². The van der Waals surface area contributed by atoms with Gasteiger partial charge in [-0.1, -0.05) is 74.5 Å². The molecule has 1 aliphatic heterocycles. The molecule has 1 unspecified atom stereocenters. The van der Waals surface area contributed by atoms with E-state index in [0.717, 1.165) is 18.5 Å². The average molecular weight is 620 g/mol. The predicted octanol–water partition coefficient (Wildman–Crippen LogP) is 3.95. The number of hydrogen-bond acceptors (Lipinski definition) is 12. The highest BCUT2D eigenvalue weighted by Gasteiger charge is 2.49. The molecule has 3 aromatic heterocycles. The Kier molecular flexibility index (Phi) is 9.87. The fraction of sp³-hybridized carbons (Fsp3) is 0.531. The molecular formula is C32H41N7O6. The topological polar surface area (TPSA) is 170 Å². The van der Waals surface area contributed by atoms with Gasteiger partial charge in [0.05, 0.1) is 24.7 Å². The van der Waals surface area contributed by atoms with Crippen molar-refractivity contribution in [1.29, 1.82) is 0 Å². The number of rotatable bonds is 14. The lowest BCUT2D eigenvalue weighted by atomic mass is 9.87. The molecule has 4 N–H and O–H groups in total. The molecule has 0 radical (unpaired) electrons. The van der Waals surface area contributed by atoms with E-state index < -0.39 is 24.5 Å². The summed E-state index contributed by atoms with van der Waals surface area (Å²) < 4.78 is 18.7. The summed E-state index contributed by atoms with van der Waals surface area (Å²) in [5, 5.41) is 32.2. The van der Waals surface area contributed by atoms with Crippen LogP contribution in [0.1, 0.15) is 74.8 Å². The first kappa shape index (κ1) is 30.9. The second-order valence-electron chi connectivity index (χ2n) is 11.9. The smallest absolute Gasteiger partial charge is 0.293 e. The van der Waals surface area contributed by atoms with Crippen LogP contribution in [0.25, 0.3) is 11.2 Å². The van der Waals surface area contributed by atoms with Crippen molar-refractivity contribution in [1.82, 2.24) is 24.7 Å². The van der Waals surface area contributed by atoms with Gasteiger partial charge >= 0.3 is 0 Å². The lowest BCUT2D eigenvalue weighted by molar-refractivity contribution is -0.142. The largest absolute Gasteiger partial charge is 0.457 e. The number of carbonyl (C=O) groups is 1.